The molecule has 18 heavy (non-hydrogen) atoms. The maximum absolute atomic E-state index is 11.0. The van der Waals surface area contributed by atoms with Crippen molar-refractivity contribution in [1.82, 2.24) is 0 Å². The molecule has 3 heteroatoms. The van der Waals surface area contributed by atoms with Crippen molar-refractivity contribution >= 4 is 12.0 Å². The molecule has 1 aromatic carbocycles. The summed E-state index contributed by atoms with van der Waals surface area (Å²) in [5.74, 6) is -0.405. The lowest BCUT2D eigenvalue weighted by atomic mass is 10.2. The van der Waals surface area contributed by atoms with Crippen molar-refractivity contribution < 1.29 is 9.53 Å². The van der Waals surface area contributed by atoms with E-state index in [2.05, 4.69) is 13.2 Å². The number of nitriles is 1. The largest absolute Gasteiger partial charge is 0.431 e. The van der Waals surface area contributed by atoms with Crippen molar-refractivity contribution in [2.24, 2.45) is 0 Å². The van der Waals surface area contributed by atoms with Crippen LogP contribution in [0.25, 0.3) is 6.08 Å². The minimum atomic E-state index is -0.405. The lowest BCUT2D eigenvalue weighted by Gasteiger charge is -1.96. The second-order valence-electron chi connectivity index (χ2n) is 3.23. The first kappa shape index (κ1) is 15.4. The minimum absolute atomic E-state index is 0.391. The van der Waals surface area contributed by atoms with Gasteiger partial charge >= 0.3 is 5.97 Å². The van der Waals surface area contributed by atoms with Crippen LogP contribution in [0.3, 0.4) is 0 Å². The Morgan fingerprint density at radius 1 is 1.39 bits per heavy atom. The van der Waals surface area contributed by atoms with Crippen molar-refractivity contribution in [2.75, 3.05) is 0 Å². The first-order valence-electron chi connectivity index (χ1n) is 5.20. The third-order valence-electron chi connectivity index (χ3n) is 1.67. The number of allylic oxidation sites excluding steroid dienone is 1. The van der Waals surface area contributed by atoms with Gasteiger partial charge in [0, 0.05) is 11.6 Å². The molecule has 92 valence electrons. The van der Waals surface area contributed by atoms with Crippen LogP contribution in [-0.2, 0) is 9.53 Å². The summed E-state index contributed by atoms with van der Waals surface area (Å²) in [6, 6.07) is 11.3. The monoisotopic (exact) mass is 241 g/mol. The molecule has 3 nitrogen and oxygen atoms in total. The molecular formula is C15H15NO2. The molecule has 0 unspecified atom stereocenters. The Kier molecular flexibility index (Phi) is 8.22. The molecule has 0 aliphatic carbocycles. The van der Waals surface area contributed by atoms with Gasteiger partial charge in [0.15, 0.2) is 0 Å². The molecule has 0 aliphatic heterocycles. The smallest absolute Gasteiger partial charge is 0.337 e. The lowest BCUT2D eigenvalue weighted by Crippen LogP contribution is -1.98. The Morgan fingerprint density at radius 2 is 1.94 bits per heavy atom. The van der Waals surface area contributed by atoms with E-state index < -0.39 is 5.97 Å². The molecule has 0 saturated heterocycles. The zero-order valence-electron chi connectivity index (χ0n) is 10.3. The molecule has 1 rings (SSSR count). The van der Waals surface area contributed by atoms with E-state index in [0.717, 1.165) is 5.56 Å². The predicted molar refractivity (Wildman–Crippen MR) is 72.2 cm³/mol. The number of esters is 1. The summed E-state index contributed by atoms with van der Waals surface area (Å²) in [7, 11) is 0. The van der Waals surface area contributed by atoms with Gasteiger partial charge in [0.05, 0.1) is 12.3 Å². The van der Waals surface area contributed by atoms with E-state index in [-0.39, 0.29) is 0 Å². The summed E-state index contributed by atoms with van der Waals surface area (Å²) < 4.78 is 4.79. The van der Waals surface area contributed by atoms with Crippen LogP contribution in [0.1, 0.15) is 12.5 Å². The molecule has 0 heterocycles. The van der Waals surface area contributed by atoms with Gasteiger partial charge in [0.1, 0.15) is 0 Å². The standard InChI is InChI=1S/C12H12O2.C3H3N/c1-10(2)12(13)14-9-8-11-6-4-3-5-7-11;1-2-3-4/h3-9H,1H2,2H3;2H,1H2. The number of nitrogens with zero attached hydrogens (tertiary/aromatic N) is 1. The fourth-order valence-electron chi connectivity index (χ4n) is 0.839. The zero-order valence-corrected chi connectivity index (χ0v) is 10.3. The van der Waals surface area contributed by atoms with Crippen molar-refractivity contribution in [3.05, 3.63) is 67.0 Å². The van der Waals surface area contributed by atoms with Crippen molar-refractivity contribution in [3.8, 4) is 6.07 Å². The van der Waals surface area contributed by atoms with Crippen LogP contribution < -0.4 is 0 Å². The van der Waals surface area contributed by atoms with Crippen LogP contribution in [0, 0.1) is 11.3 Å². The highest BCUT2D eigenvalue weighted by Gasteiger charge is 1.98. The average Bonchev–Trinajstić information content (AvgIpc) is 2.40. The normalized spacial score (nSPS) is 8.67. The van der Waals surface area contributed by atoms with Crippen LogP contribution >= 0.6 is 0 Å². The van der Waals surface area contributed by atoms with Crippen molar-refractivity contribution in [2.45, 2.75) is 6.92 Å². The zero-order chi connectivity index (χ0) is 13.8. The van der Waals surface area contributed by atoms with E-state index in [0.29, 0.717) is 5.57 Å². The van der Waals surface area contributed by atoms with Gasteiger partial charge in [-0.15, -0.1) is 0 Å². The van der Waals surface area contributed by atoms with E-state index in [9.17, 15) is 4.79 Å². The fourth-order valence-corrected chi connectivity index (χ4v) is 0.839. The number of hydrogen-bond acceptors (Lipinski definition) is 3. The minimum Gasteiger partial charge on any atom is -0.431 e. The summed E-state index contributed by atoms with van der Waals surface area (Å²) >= 11 is 0. The molecule has 0 aliphatic rings. The van der Waals surface area contributed by atoms with Gasteiger partial charge in [-0.3, -0.25) is 0 Å². The molecule has 0 radical (unpaired) electrons. The van der Waals surface area contributed by atoms with E-state index in [1.807, 2.05) is 30.3 Å². The molecule has 0 saturated carbocycles. The van der Waals surface area contributed by atoms with Crippen LogP contribution in [0.4, 0.5) is 0 Å². The highest BCUT2D eigenvalue weighted by Crippen LogP contribution is 2.01. The highest BCUT2D eigenvalue weighted by molar-refractivity contribution is 5.87. The first-order chi connectivity index (χ1) is 8.61. The van der Waals surface area contributed by atoms with E-state index in [4.69, 9.17) is 10.00 Å². The maximum atomic E-state index is 11.0. The first-order valence-corrected chi connectivity index (χ1v) is 5.20. The van der Waals surface area contributed by atoms with Crippen LogP contribution in [0.2, 0.25) is 0 Å². The number of carbonyl (C=O) groups excluding carboxylic acids is 1. The van der Waals surface area contributed by atoms with Gasteiger partial charge in [-0.2, -0.15) is 5.26 Å². The molecule has 0 fully saturated rings. The van der Waals surface area contributed by atoms with E-state index >= 15 is 0 Å². The fraction of sp³-hybridized carbons (Fsp3) is 0.0667. The molecule has 1 aromatic rings. The summed E-state index contributed by atoms with van der Waals surface area (Å²) in [5, 5.41) is 7.51. The van der Waals surface area contributed by atoms with Gasteiger partial charge in [0.2, 0.25) is 0 Å². The summed E-state index contributed by atoms with van der Waals surface area (Å²) in [6.07, 6.45) is 4.27. The number of hydrogen-bond donors (Lipinski definition) is 0. The Hall–Kier alpha value is -2.60. The van der Waals surface area contributed by atoms with E-state index in [1.54, 1.807) is 19.1 Å². The number of ether oxygens (including phenoxy) is 1. The van der Waals surface area contributed by atoms with Crippen molar-refractivity contribution in [1.29, 1.82) is 5.26 Å². The summed E-state index contributed by atoms with van der Waals surface area (Å²) in [5.41, 5.74) is 1.38. The summed E-state index contributed by atoms with van der Waals surface area (Å²) in [4.78, 5) is 11.0. The quantitative estimate of drug-likeness (QED) is 0.352. The number of rotatable bonds is 3. The van der Waals surface area contributed by atoms with Gasteiger partial charge in [-0.25, -0.2) is 4.79 Å². The molecule has 0 aromatic heterocycles. The molecule has 0 atom stereocenters. The average molecular weight is 241 g/mol. The molecular weight excluding hydrogens is 226 g/mol. The predicted octanol–water partition coefficient (Wildman–Crippen LogP) is 3.47. The molecule has 0 amide bonds. The third-order valence-corrected chi connectivity index (χ3v) is 1.67. The second kappa shape index (κ2) is 9.61. The number of carbonyl (C=O) groups is 1. The van der Waals surface area contributed by atoms with E-state index in [1.165, 1.54) is 12.3 Å². The Bertz CT molecular complexity index is 467. The lowest BCUT2D eigenvalue weighted by molar-refractivity contribution is -0.133. The van der Waals surface area contributed by atoms with Crippen LogP contribution in [0.15, 0.2) is 61.4 Å². The summed E-state index contributed by atoms with van der Waals surface area (Å²) in [6.45, 7) is 8.20. The third kappa shape index (κ3) is 7.66. The van der Waals surface area contributed by atoms with Gasteiger partial charge in [-0.1, -0.05) is 43.5 Å². The van der Waals surface area contributed by atoms with Crippen LogP contribution in [0.5, 0.6) is 0 Å². The molecule has 0 N–H and O–H groups in total. The highest BCUT2D eigenvalue weighted by atomic mass is 16.5. The van der Waals surface area contributed by atoms with Crippen LogP contribution in [-0.4, -0.2) is 5.97 Å². The van der Waals surface area contributed by atoms with Crippen molar-refractivity contribution in [3.63, 3.8) is 0 Å². The second-order valence-corrected chi connectivity index (χ2v) is 3.23. The topological polar surface area (TPSA) is 50.1 Å². The Morgan fingerprint density at radius 3 is 2.39 bits per heavy atom. The number of benzene rings is 1. The SMILES string of the molecule is C=C(C)C(=O)OC=Cc1ccccc1.C=CC#N. The van der Waals surface area contributed by atoms with Gasteiger partial charge in [-0.05, 0) is 18.6 Å². The maximum Gasteiger partial charge on any atom is 0.337 e. The van der Waals surface area contributed by atoms with Gasteiger partial charge in [0.25, 0.3) is 0 Å². The molecule has 0 spiro atoms. The Balaban J connectivity index is 0.000000631. The molecule has 0 bridgehead atoms. The Labute approximate surface area is 107 Å². The van der Waals surface area contributed by atoms with Gasteiger partial charge < -0.3 is 4.74 Å².